The molecule has 5 nitrogen and oxygen atoms in total. The molecule has 0 radical (unpaired) electrons. The van der Waals surface area contributed by atoms with Gasteiger partial charge in [0.1, 0.15) is 0 Å². The van der Waals surface area contributed by atoms with Crippen LogP contribution in [0.5, 0.6) is 0 Å². The van der Waals surface area contributed by atoms with E-state index in [2.05, 4.69) is 27.9 Å². The molecular weight excluding hydrogens is 790 g/mol. The molecule has 1 aromatic heterocycles. The zero-order valence-corrected chi connectivity index (χ0v) is 26.5. The molecular formula is C29H27N3O2W2-2. The van der Waals surface area contributed by atoms with E-state index in [1.165, 1.54) is 0 Å². The smallest absolute Gasteiger partial charge is 0.245 e. The van der Waals surface area contributed by atoms with Crippen LogP contribution < -0.4 is 10.6 Å². The Bertz CT molecular complexity index is 1170. The van der Waals surface area contributed by atoms with E-state index in [0.29, 0.717) is 16.9 Å². The summed E-state index contributed by atoms with van der Waals surface area (Å²) in [6.07, 6.45) is 2.80. The molecule has 0 fully saturated rings. The van der Waals surface area contributed by atoms with Gasteiger partial charge in [0.15, 0.2) is 0 Å². The summed E-state index contributed by atoms with van der Waals surface area (Å²) in [4.78, 5) is 27.8. The van der Waals surface area contributed by atoms with Gasteiger partial charge in [-0.3, -0.25) is 9.59 Å². The molecule has 0 aliphatic carbocycles. The van der Waals surface area contributed by atoms with E-state index in [1.54, 1.807) is 24.3 Å². The largest absolute Gasteiger partial charge is 0.375 e. The third kappa shape index (κ3) is 10.0. The van der Waals surface area contributed by atoms with Crippen LogP contribution in [0.25, 0.3) is 0 Å². The fourth-order valence-electron chi connectivity index (χ4n) is 3.04. The van der Waals surface area contributed by atoms with Gasteiger partial charge in [0, 0.05) is 59.1 Å². The van der Waals surface area contributed by atoms with Crippen molar-refractivity contribution in [1.82, 2.24) is 4.98 Å². The van der Waals surface area contributed by atoms with Crippen LogP contribution in [0, 0.1) is 40.0 Å². The predicted octanol–water partition coefficient (Wildman–Crippen LogP) is 6.10. The Morgan fingerprint density at radius 3 is 1.72 bits per heavy atom. The number of pyridine rings is 1. The molecule has 0 saturated carbocycles. The van der Waals surface area contributed by atoms with E-state index < -0.39 is 0 Å². The van der Waals surface area contributed by atoms with Gasteiger partial charge < -0.3 is 15.6 Å². The van der Waals surface area contributed by atoms with Gasteiger partial charge in [-0.15, -0.1) is 17.7 Å². The molecule has 7 heteroatoms. The number of hydrogen-bond donors (Lipinski definition) is 2. The normalized spacial score (nSPS) is 9.44. The summed E-state index contributed by atoms with van der Waals surface area (Å²) in [6.45, 7) is 7.79. The number of anilines is 2. The number of nitrogens with one attached hydrogen (secondary N) is 2. The van der Waals surface area contributed by atoms with E-state index >= 15 is 0 Å². The summed E-state index contributed by atoms with van der Waals surface area (Å²) in [5, 5.41) is 5.57. The van der Waals surface area contributed by atoms with Crippen LogP contribution in [0.15, 0.2) is 78.9 Å². The second-order valence-electron chi connectivity index (χ2n) is 8.03. The van der Waals surface area contributed by atoms with E-state index in [4.69, 9.17) is 0 Å². The number of benzene rings is 3. The number of nitrogens with zero attached hydrogens (tertiary/aromatic N) is 1. The third-order valence-electron chi connectivity index (χ3n) is 4.87. The first kappa shape index (κ1) is 31.2. The van der Waals surface area contributed by atoms with Crippen molar-refractivity contribution in [2.45, 2.75) is 27.7 Å². The summed E-state index contributed by atoms with van der Waals surface area (Å²) >= 11 is 0. The fourth-order valence-corrected chi connectivity index (χ4v) is 3.04. The van der Waals surface area contributed by atoms with E-state index in [1.807, 2.05) is 82.3 Å². The Balaban J connectivity index is 0.000000341. The van der Waals surface area contributed by atoms with Crippen molar-refractivity contribution in [1.29, 1.82) is 0 Å². The molecule has 3 aromatic carbocycles. The van der Waals surface area contributed by atoms with Gasteiger partial charge in [-0.2, -0.15) is 29.8 Å². The Labute approximate surface area is 241 Å². The van der Waals surface area contributed by atoms with Crippen molar-refractivity contribution >= 4 is 23.3 Å². The maximum atomic E-state index is 11.9. The van der Waals surface area contributed by atoms with Crippen molar-refractivity contribution in [2.24, 2.45) is 0 Å². The molecule has 0 aliphatic rings. The molecule has 1 heterocycles. The van der Waals surface area contributed by atoms with Crippen molar-refractivity contribution < 1.29 is 51.7 Å². The van der Waals surface area contributed by atoms with E-state index in [-0.39, 0.29) is 53.9 Å². The zero-order valence-electron chi connectivity index (χ0n) is 20.6. The van der Waals surface area contributed by atoms with Gasteiger partial charge in [-0.1, -0.05) is 61.1 Å². The number of carbonyl (C=O) groups is 2. The van der Waals surface area contributed by atoms with Gasteiger partial charge in [0.25, 0.3) is 0 Å². The molecule has 0 atom stereocenters. The minimum atomic E-state index is -0.154. The first-order chi connectivity index (χ1) is 16.3. The second kappa shape index (κ2) is 15.3. The Hall–Kier alpha value is -2.87. The summed E-state index contributed by atoms with van der Waals surface area (Å²) in [7, 11) is 0. The Morgan fingerprint density at radius 2 is 1.25 bits per heavy atom. The standard InChI is InChI=1S/C15H14NO.C14H13N2O.2W/c1-11-6-8-14(9-7-11)16-15(17)13-5-3-4-12(2)10-13;1-10-4-3-5-12(8-10)14(17)16-13-7-6-11(2)9-15-13;;/h3-6,8-10H,1-2H3,(H,16,17);3-8H,1-2H3,(H,15,16,17);;/q2*-1;;. The quantitative estimate of drug-likeness (QED) is 0.245. The number of amides is 2. The minimum Gasteiger partial charge on any atom is -0.375 e. The predicted molar refractivity (Wildman–Crippen MR) is 136 cm³/mol. The monoisotopic (exact) mass is 817 g/mol. The van der Waals surface area contributed by atoms with E-state index in [0.717, 1.165) is 27.9 Å². The maximum absolute atomic E-state index is 11.9. The van der Waals surface area contributed by atoms with Crippen LogP contribution in [-0.2, 0) is 42.1 Å². The van der Waals surface area contributed by atoms with Crippen LogP contribution in [0.2, 0.25) is 0 Å². The molecule has 0 aliphatic heterocycles. The average Bonchev–Trinajstić information content (AvgIpc) is 2.82. The minimum absolute atomic E-state index is 0. The SMILES string of the molecule is Cc1[c-]cc(NC(=O)c2cccc(C)c2)cc1.Cc1[c-]nc(NC(=O)c2cccc(C)c2)cc1.[W].[W]. The van der Waals surface area contributed by atoms with Crippen LogP contribution in [0.4, 0.5) is 11.5 Å². The third-order valence-corrected chi connectivity index (χ3v) is 4.87. The molecule has 184 valence electrons. The van der Waals surface area contributed by atoms with Gasteiger partial charge >= 0.3 is 0 Å². The molecule has 0 saturated heterocycles. The van der Waals surface area contributed by atoms with Crippen molar-refractivity contribution in [3.63, 3.8) is 0 Å². The molecule has 0 unspecified atom stereocenters. The van der Waals surface area contributed by atoms with Gasteiger partial charge in [-0.25, -0.2) is 0 Å². The second-order valence-corrected chi connectivity index (χ2v) is 8.03. The van der Waals surface area contributed by atoms with Crippen LogP contribution in [0.3, 0.4) is 0 Å². The molecule has 0 spiro atoms. The van der Waals surface area contributed by atoms with Crippen molar-refractivity contribution in [3.05, 3.63) is 125 Å². The van der Waals surface area contributed by atoms with Crippen LogP contribution >= 0.6 is 0 Å². The number of aryl methyl sites for hydroxylation is 4. The van der Waals surface area contributed by atoms with E-state index in [9.17, 15) is 9.59 Å². The maximum Gasteiger partial charge on any atom is 0.245 e. The number of carbonyl (C=O) groups excluding carboxylic acids is 2. The molecule has 36 heavy (non-hydrogen) atoms. The summed E-state index contributed by atoms with van der Waals surface area (Å²) in [6, 6.07) is 27.2. The van der Waals surface area contributed by atoms with Gasteiger partial charge in [-0.05, 0) is 38.1 Å². The topological polar surface area (TPSA) is 71.1 Å². The average molecular weight is 817 g/mol. The first-order valence-electron chi connectivity index (χ1n) is 10.9. The number of hydrogen-bond acceptors (Lipinski definition) is 3. The van der Waals surface area contributed by atoms with Crippen LogP contribution in [-0.4, -0.2) is 16.8 Å². The van der Waals surface area contributed by atoms with Crippen molar-refractivity contribution in [3.8, 4) is 0 Å². The summed E-state index contributed by atoms with van der Waals surface area (Å²) in [5.41, 5.74) is 6.20. The summed E-state index contributed by atoms with van der Waals surface area (Å²) < 4.78 is 0. The first-order valence-corrected chi connectivity index (χ1v) is 10.9. The Kier molecular flexibility index (Phi) is 13.2. The van der Waals surface area contributed by atoms with Gasteiger partial charge in [0.05, 0.1) is 0 Å². The fraction of sp³-hybridized carbons (Fsp3) is 0.138. The number of rotatable bonds is 4. The molecule has 4 aromatic rings. The number of aromatic nitrogens is 1. The van der Waals surface area contributed by atoms with Crippen LogP contribution in [0.1, 0.15) is 43.0 Å². The summed E-state index contributed by atoms with van der Waals surface area (Å²) in [5.74, 6) is 0.270. The molecule has 2 N–H and O–H groups in total. The Morgan fingerprint density at radius 1 is 0.694 bits per heavy atom. The molecule has 2 amide bonds. The molecule has 0 bridgehead atoms. The van der Waals surface area contributed by atoms with Crippen molar-refractivity contribution in [2.75, 3.05) is 10.6 Å². The molecule has 4 rings (SSSR count). The van der Waals surface area contributed by atoms with Gasteiger partial charge in [0.2, 0.25) is 11.8 Å². The zero-order chi connectivity index (χ0) is 24.5.